The number of amides is 1. The van der Waals surface area contributed by atoms with Gasteiger partial charge in [0.05, 0.1) is 37.7 Å². The monoisotopic (exact) mass is 325 g/mol. The molecule has 3 aromatic rings. The van der Waals surface area contributed by atoms with Crippen molar-refractivity contribution >= 4 is 22.6 Å². The number of aromatic hydroxyl groups is 1. The maximum atomic E-state index is 12.1. The summed E-state index contributed by atoms with van der Waals surface area (Å²) in [4.78, 5) is 19.8. The van der Waals surface area contributed by atoms with E-state index < -0.39 is 0 Å². The quantitative estimate of drug-likeness (QED) is 0.509. The van der Waals surface area contributed by atoms with Gasteiger partial charge in [-0.25, -0.2) is 4.98 Å². The van der Waals surface area contributed by atoms with Gasteiger partial charge in [-0.15, -0.1) is 0 Å². The SMILES string of the molecule is C[N+](C)(C)CC(=O)Nc1ccc(O)c(-c2nc3ccccc3[nH]2)c1. The second-order valence-corrected chi connectivity index (χ2v) is 6.83. The van der Waals surface area contributed by atoms with Crippen LogP contribution in [0.5, 0.6) is 5.75 Å². The van der Waals surface area contributed by atoms with Crippen LogP contribution in [-0.2, 0) is 4.79 Å². The van der Waals surface area contributed by atoms with Crippen molar-refractivity contribution in [1.82, 2.24) is 9.97 Å². The number of aromatic amines is 1. The van der Waals surface area contributed by atoms with Crippen molar-refractivity contribution in [3.63, 3.8) is 0 Å². The molecule has 2 aromatic carbocycles. The highest BCUT2D eigenvalue weighted by Gasteiger charge is 2.16. The van der Waals surface area contributed by atoms with Crippen LogP contribution in [0.3, 0.4) is 0 Å². The number of benzene rings is 2. The summed E-state index contributed by atoms with van der Waals surface area (Å²) in [6.07, 6.45) is 0. The number of hydrogen-bond acceptors (Lipinski definition) is 3. The number of nitrogens with one attached hydrogen (secondary N) is 2. The van der Waals surface area contributed by atoms with E-state index >= 15 is 0 Å². The number of aromatic nitrogens is 2. The summed E-state index contributed by atoms with van der Waals surface area (Å²) in [5.74, 6) is 0.596. The number of phenols is 1. The summed E-state index contributed by atoms with van der Waals surface area (Å²) in [6.45, 7) is 0.362. The molecule has 0 aliphatic rings. The first-order valence-corrected chi connectivity index (χ1v) is 7.70. The molecule has 124 valence electrons. The number of imidazole rings is 1. The molecular formula is C18H21N4O2+. The fourth-order valence-electron chi connectivity index (χ4n) is 2.52. The summed E-state index contributed by atoms with van der Waals surface area (Å²) in [5, 5.41) is 13.0. The lowest BCUT2D eigenvalue weighted by atomic mass is 10.1. The Hall–Kier alpha value is -2.86. The molecule has 1 heterocycles. The molecule has 0 radical (unpaired) electrons. The number of nitrogens with zero attached hydrogens (tertiary/aromatic N) is 2. The molecule has 0 saturated heterocycles. The molecule has 0 fully saturated rings. The van der Waals surface area contributed by atoms with E-state index in [1.165, 1.54) is 0 Å². The third-order valence-corrected chi connectivity index (χ3v) is 3.54. The Morgan fingerprint density at radius 2 is 1.96 bits per heavy atom. The molecule has 0 aliphatic carbocycles. The molecule has 0 saturated carbocycles. The number of fused-ring (bicyclic) bond motifs is 1. The van der Waals surface area contributed by atoms with Gasteiger partial charge in [0.2, 0.25) is 0 Å². The smallest absolute Gasteiger partial charge is 0.279 e. The number of para-hydroxylation sites is 2. The van der Waals surface area contributed by atoms with E-state index in [-0.39, 0.29) is 11.7 Å². The zero-order valence-corrected chi connectivity index (χ0v) is 14.0. The van der Waals surface area contributed by atoms with Crippen molar-refractivity contribution < 1.29 is 14.4 Å². The van der Waals surface area contributed by atoms with Gasteiger partial charge in [0.1, 0.15) is 11.6 Å². The lowest BCUT2D eigenvalue weighted by Crippen LogP contribution is -2.41. The molecule has 3 N–H and O–H groups in total. The van der Waals surface area contributed by atoms with E-state index in [4.69, 9.17) is 0 Å². The largest absolute Gasteiger partial charge is 0.507 e. The Labute approximate surface area is 140 Å². The maximum Gasteiger partial charge on any atom is 0.279 e. The molecule has 0 unspecified atom stereocenters. The second-order valence-electron chi connectivity index (χ2n) is 6.83. The number of H-pyrrole nitrogens is 1. The van der Waals surface area contributed by atoms with Crippen LogP contribution < -0.4 is 5.32 Å². The number of rotatable bonds is 4. The van der Waals surface area contributed by atoms with E-state index in [0.29, 0.717) is 28.1 Å². The molecule has 3 rings (SSSR count). The lowest BCUT2D eigenvalue weighted by Gasteiger charge is -2.22. The Morgan fingerprint density at radius 3 is 2.67 bits per heavy atom. The molecule has 6 heteroatoms. The highest BCUT2D eigenvalue weighted by molar-refractivity contribution is 5.92. The van der Waals surface area contributed by atoms with E-state index in [9.17, 15) is 9.90 Å². The van der Waals surface area contributed by atoms with Crippen molar-refractivity contribution in [3.05, 3.63) is 42.5 Å². The standard InChI is InChI=1S/C18H20N4O2/c1-22(2,3)11-17(24)19-12-8-9-16(23)13(10-12)18-20-14-6-4-5-7-15(14)21-18/h4-10H,11H2,1-3H3,(H2-,19,20,21,23,24)/p+1. The minimum atomic E-state index is -0.0799. The van der Waals surface area contributed by atoms with Crippen LogP contribution in [0.2, 0.25) is 0 Å². The zero-order chi connectivity index (χ0) is 17.3. The Balaban J connectivity index is 1.90. The van der Waals surface area contributed by atoms with Crippen LogP contribution in [0.25, 0.3) is 22.4 Å². The van der Waals surface area contributed by atoms with Crippen LogP contribution in [0.4, 0.5) is 5.69 Å². The summed E-state index contributed by atoms with van der Waals surface area (Å²) < 4.78 is 0.542. The first-order valence-electron chi connectivity index (χ1n) is 7.70. The third kappa shape index (κ3) is 3.55. The summed E-state index contributed by atoms with van der Waals surface area (Å²) in [5.41, 5.74) is 2.90. The summed E-state index contributed by atoms with van der Waals surface area (Å²) >= 11 is 0. The maximum absolute atomic E-state index is 12.1. The van der Waals surface area contributed by atoms with Gasteiger partial charge in [-0.3, -0.25) is 4.79 Å². The van der Waals surface area contributed by atoms with Crippen molar-refractivity contribution in [2.75, 3.05) is 33.0 Å². The van der Waals surface area contributed by atoms with Gasteiger partial charge in [-0.1, -0.05) is 12.1 Å². The minimum Gasteiger partial charge on any atom is -0.507 e. The predicted octanol–water partition coefficient (Wildman–Crippen LogP) is 2.58. The zero-order valence-electron chi connectivity index (χ0n) is 14.0. The summed E-state index contributed by atoms with van der Waals surface area (Å²) in [6, 6.07) is 12.6. The van der Waals surface area contributed by atoms with E-state index in [1.54, 1.807) is 18.2 Å². The number of hydrogen-bond donors (Lipinski definition) is 3. The molecule has 1 amide bonds. The molecular weight excluding hydrogens is 304 g/mol. The van der Waals surface area contributed by atoms with Crippen LogP contribution in [0, 0.1) is 0 Å². The van der Waals surface area contributed by atoms with Crippen LogP contribution in [0.1, 0.15) is 0 Å². The number of likely N-dealkylation sites (N-methyl/N-ethyl adjacent to an activating group) is 1. The van der Waals surface area contributed by atoms with Crippen molar-refractivity contribution in [1.29, 1.82) is 0 Å². The van der Waals surface area contributed by atoms with Gasteiger partial charge >= 0.3 is 0 Å². The molecule has 0 aliphatic heterocycles. The summed E-state index contributed by atoms with van der Waals surface area (Å²) in [7, 11) is 5.86. The normalized spacial score (nSPS) is 11.6. The van der Waals surface area contributed by atoms with Crippen LogP contribution in [-0.4, -0.2) is 53.2 Å². The third-order valence-electron chi connectivity index (χ3n) is 3.54. The van der Waals surface area contributed by atoms with E-state index in [1.807, 2.05) is 45.4 Å². The van der Waals surface area contributed by atoms with Gasteiger partial charge in [0, 0.05) is 5.69 Å². The lowest BCUT2D eigenvalue weighted by molar-refractivity contribution is -0.861. The number of anilines is 1. The van der Waals surface area contributed by atoms with Gasteiger partial charge < -0.3 is 19.9 Å². The van der Waals surface area contributed by atoms with Gasteiger partial charge in [-0.2, -0.15) is 0 Å². The fourth-order valence-corrected chi connectivity index (χ4v) is 2.52. The fraction of sp³-hybridized carbons (Fsp3) is 0.222. The Bertz CT molecular complexity index is 860. The number of carbonyl (C=O) groups excluding carboxylic acids is 1. The number of quaternary nitrogens is 1. The molecule has 0 bridgehead atoms. The first kappa shape index (κ1) is 16.0. The van der Waals surface area contributed by atoms with Crippen molar-refractivity contribution in [3.8, 4) is 17.1 Å². The van der Waals surface area contributed by atoms with Crippen LogP contribution >= 0.6 is 0 Å². The Kier molecular flexibility index (Phi) is 3.99. The van der Waals surface area contributed by atoms with Crippen molar-refractivity contribution in [2.45, 2.75) is 0 Å². The highest BCUT2D eigenvalue weighted by Crippen LogP contribution is 2.31. The topological polar surface area (TPSA) is 78.0 Å². The average molecular weight is 325 g/mol. The van der Waals surface area contributed by atoms with Crippen molar-refractivity contribution in [2.24, 2.45) is 0 Å². The first-order chi connectivity index (χ1) is 11.3. The number of phenolic OH excluding ortho intramolecular Hbond substituents is 1. The highest BCUT2D eigenvalue weighted by atomic mass is 16.3. The van der Waals surface area contributed by atoms with Gasteiger partial charge in [-0.05, 0) is 30.3 Å². The molecule has 6 nitrogen and oxygen atoms in total. The Morgan fingerprint density at radius 1 is 1.21 bits per heavy atom. The van der Waals surface area contributed by atoms with Gasteiger partial charge in [0.25, 0.3) is 5.91 Å². The van der Waals surface area contributed by atoms with Gasteiger partial charge in [0.15, 0.2) is 6.54 Å². The molecule has 0 atom stereocenters. The molecule has 24 heavy (non-hydrogen) atoms. The van der Waals surface area contributed by atoms with E-state index in [0.717, 1.165) is 11.0 Å². The number of carbonyl (C=O) groups is 1. The average Bonchev–Trinajstić information content (AvgIpc) is 2.91. The molecule has 0 spiro atoms. The van der Waals surface area contributed by atoms with Crippen LogP contribution in [0.15, 0.2) is 42.5 Å². The second kappa shape index (κ2) is 5.98. The predicted molar refractivity (Wildman–Crippen MR) is 94.7 cm³/mol. The van der Waals surface area contributed by atoms with E-state index in [2.05, 4.69) is 15.3 Å². The minimum absolute atomic E-state index is 0.0799. The molecule has 1 aromatic heterocycles.